The lowest BCUT2D eigenvalue weighted by atomic mass is 10.1. The molecule has 8 heteroatoms. The zero-order valence-electron chi connectivity index (χ0n) is 19.8. The third kappa shape index (κ3) is 6.23. The lowest BCUT2D eigenvalue weighted by molar-refractivity contribution is -0.119. The van der Waals surface area contributed by atoms with E-state index in [1.807, 2.05) is 58.0 Å². The van der Waals surface area contributed by atoms with Gasteiger partial charge in [0.1, 0.15) is 12.3 Å². The van der Waals surface area contributed by atoms with Crippen LogP contribution >= 0.6 is 0 Å². The fourth-order valence-corrected chi connectivity index (χ4v) is 4.61. The summed E-state index contributed by atoms with van der Waals surface area (Å²) in [6.45, 7) is 7.79. The molecule has 0 aromatic heterocycles. The summed E-state index contributed by atoms with van der Waals surface area (Å²) in [5.41, 5.74) is 6.50. The van der Waals surface area contributed by atoms with Gasteiger partial charge in [0.15, 0.2) is 0 Å². The van der Waals surface area contributed by atoms with Gasteiger partial charge in [-0.3, -0.25) is 9.10 Å². The van der Waals surface area contributed by atoms with Gasteiger partial charge in [0, 0.05) is 0 Å². The van der Waals surface area contributed by atoms with Gasteiger partial charge in [0.25, 0.3) is 15.9 Å². The highest BCUT2D eigenvalue weighted by molar-refractivity contribution is 7.92. The number of hydrogen-bond acceptors (Lipinski definition) is 5. The Labute approximate surface area is 201 Å². The van der Waals surface area contributed by atoms with Crippen LogP contribution in [0.15, 0.2) is 76.7 Å². The molecule has 0 radical (unpaired) electrons. The molecule has 0 aliphatic heterocycles. The highest BCUT2D eigenvalue weighted by Crippen LogP contribution is 2.26. The predicted octanol–water partition coefficient (Wildman–Crippen LogP) is 4.36. The van der Waals surface area contributed by atoms with Crippen molar-refractivity contribution in [3.63, 3.8) is 0 Å². The standard InChI is InChI=1S/C26H29N3O4S/c1-5-33-24-12-9-22(10-13-24)17-27-28-26(30)18-29(23-11-8-20(3)21(4)16-23)34(31,32)25-14-6-19(2)7-15-25/h6-17H,5,18H2,1-4H3,(H,28,30)/b27-17-. The number of carbonyl (C=O) groups excluding carboxylic acids is 1. The number of nitrogens with zero attached hydrogens (tertiary/aromatic N) is 2. The molecule has 0 fully saturated rings. The minimum absolute atomic E-state index is 0.113. The van der Waals surface area contributed by atoms with Crippen LogP contribution in [0, 0.1) is 20.8 Å². The van der Waals surface area contributed by atoms with Gasteiger partial charge in [-0.15, -0.1) is 0 Å². The van der Waals surface area contributed by atoms with Crippen LogP contribution in [0.25, 0.3) is 0 Å². The molecule has 1 amide bonds. The average molecular weight is 480 g/mol. The van der Waals surface area contributed by atoms with E-state index >= 15 is 0 Å². The Balaban J connectivity index is 1.81. The normalized spacial score (nSPS) is 11.4. The van der Waals surface area contributed by atoms with Crippen LogP contribution in [-0.2, 0) is 14.8 Å². The van der Waals surface area contributed by atoms with Crippen LogP contribution < -0.4 is 14.5 Å². The van der Waals surface area contributed by atoms with E-state index in [0.717, 1.165) is 32.3 Å². The molecule has 0 saturated heterocycles. The predicted molar refractivity (Wildman–Crippen MR) is 135 cm³/mol. The quantitative estimate of drug-likeness (QED) is 0.365. The molecule has 0 unspecified atom stereocenters. The number of hydrogen-bond donors (Lipinski definition) is 1. The summed E-state index contributed by atoms with van der Waals surface area (Å²) in [5.74, 6) is 0.185. The van der Waals surface area contributed by atoms with E-state index in [1.165, 1.54) is 6.21 Å². The molecule has 0 atom stereocenters. The Hall–Kier alpha value is -3.65. The highest BCUT2D eigenvalue weighted by atomic mass is 32.2. The molecule has 1 N–H and O–H groups in total. The molecule has 0 aliphatic carbocycles. The lowest BCUT2D eigenvalue weighted by Gasteiger charge is -2.24. The topological polar surface area (TPSA) is 88.1 Å². The van der Waals surface area contributed by atoms with E-state index in [2.05, 4.69) is 10.5 Å². The molecule has 0 bridgehead atoms. The highest BCUT2D eigenvalue weighted by Gasteiger charge is 2.27. The van der Waals surface area contributed by atoms with Gasteiger partial charge in [-0.2, -0.15) is 5.10 Å². The van der Waals surface area contributed by atoms with Crippen molar-refractivity contribution < 1.29 is 17.9 Å². The van der Waals surface area contributed by atoms with Crippen molar-refractivity contribution in [2.45, 2.75) is 32.6 Å². The Bertz CT molecular complexity index is 1270. The van der Waals surface area contributed by atoms with E-state index < -0.39 is 22.5 Å². The third-order valence-corrected chi connectivity index (χ3v) is 7.06. The summed E-state index contributed by atoms with van der Waals surface area (Å²) in [5, 5.41) is 3.98. The van der Waals surface area contributed by atoms with Crippen LogP contribution in [0.1, 0.15) is 29.2 Å². The average Bonchev–Trinajstić information content (AvgIpc) is 2.81. The maximum Gasteiger partial charge on any atom is 0.264 e. The van der Waals surface area contributed by atoms with Crippen molar-refractivity contribution in [3.05, 3.63) is 89.0 Å². The number of sulfonamides is 1. The molecule has 0 heterocycles. The van der Waals surface area contributed by atoms with Crippen LogP contribution in [0.2, 0.25) is 0 Å². The van der Waals surface area contributed by atoms with E-state index in [-0.39, 0.29) is 4.90 Å². The molecule has 0 spiro atoms. The summed E-state index contributed by atoms with van der Waals surface area (Å²) < 4.78 is 33.4. The van der Waals surface area contributed by atoms with E-state index in [1.54, 1.807) is 36.4 Å². The van der Waals surface area contributed by atoms with E-state index in [0.29, 0.717) is 12.3 Å². The van der Waals surface area contributed by atoms with Crippen molar-refractivity contribution in [1.29, 1.82) is 0 Å². The number of hydrazone groups is 1. The molecule has 3 aromatic carbocycles. The first kappa shape index (κ1) is 25.0. The minimum Gasteiger partial charge on any atom is -0.494 e. The molecule has 3 rings (SSSR count). The van der Waals surface area contributed by atoms with Gasteiger partial charge in [-0.1, -0.05) is 23.8 Å². The zero-order valence-corrected chi connectivity index (χ0v) is 20.6. The van der Waals surface area contributed by atoms with Crippen LogP contribution in [0.5, 0.6) is 5.75 Å². The number of benzene rings is 3. The van der Waals surface area contributed by atoms with Crippen molar-refractivity contribution in [2.24, 2.45) is 5.10 Å². The molecule has 34 heavy (non-hydrogen) atoms. The molecule has 0 saturated carbocycles. The minimum atomic E-state index is -3.98. The summed E-state index contributed by atoms with van der Waals surface area (Å²) >= 11 is 0. The van der Waals surface area contributed by atoms with Crippen molar-refractivity contribution >= 4 is 27.8 Å². The Morgan fingerprint density at radius 1 is 0.971 bits per heavy atom. The first-order valence-electron chi connectivity index (χ1n) is 10.9. The molecule has 0 aliphatic rings. The van der Waals surface area contributed by atoms with E-state index in [4.69, 9.17) is 4.74 Å². The monoisotopic (exact) mass is 479 g/mol. The van der Waals surface area contributed by atoms with Crippen molar-refractivity contribution in [1.82, 2.24) is 5.43 Å². The Kier molecular flexibility index (Phi) is 8.07. The number of rotatable bonds is 9. The fourth-order valence-electron chi connectivity index (χ4n) is 3.19. The van der Waals surface area contributed by atoms with Crippen molar-refractivity contribution in [2.75, 3.05) is 17.5 Å². The number of carbonyl (C=O) groups is 1. The molecular weight excluding hydrogens is 450 g/mol. The summed E-state index contributed by atoms with van der Waals surface area (Å²) in [6, 6.07) is 19.1. The summed E-state index contributed by atoms with van der Waals surface area (Å²) in [6.07, 6.45) is 1.49. The van der Waals surface area contributed by atoms with Gasteiger partial charge >= 0.3 is 0 Å². The molecule has 7 nitrogen and oxygen atoms in total. The fraction of sp³-hybridized carbons (Fsp3) is 0.231. The van der Waals surface area contributed by atoms with Crippen molar-refractivity contribution in [3.8, 4) is 5.75 Å². The molecule has 3 aromatic rings. The smallest absolute Gasteiger partial charge is 0.264 e. The largest absolute Gasteiger partial charge is 0.494 e. The molecule has 178 valence electrons. The van der Waals surface area contributed by atoms with Crippen LogP contribution in [0.3, 0.4) is 0 Å². The van der Waals surface area contributed by atoms with Gasteiger partial charge in [-0.25, -0.2) is 13.8 Å². The number of aryl methyl sites for hydroxylation is 3. The van der Waals surface area contributed by atoms with Gasteiger partial charge < -0.3 is 4.74 Å². The van der Waals surface area contributed by atoms with Gasteiger partial charge in [0.05, 0.1) is 23.4 Å². The number of ether oxygens (including phenoxy) is 1. The van der Waals surface area contributed by atoms with E-state index in [9.17, 15) is 13.2 Å². The maximum absolute atomic E-state index is 13.5. The number of amides is 1. The van der Waals surface area contributed by atoms with Crippen LogP contribution in [-0.4, -0.2) is 33.7 Å². The Morgan fingerprint density at radius 3 is 2.26 bits per heavy atom. The summed E-state index contributed by atoms with van der Waals surface area (Å²) in [7, 11) is -3.98. The summed E-state index contributed by atoms with van der Waals surface area (Å²) in [4.78, 5) is 12.8. The number of anilines is 1. The lowest BCUT2D eigenvalue weighted by Crippen LogP contribution is -2.39. The first-order chi connectivity index (χ1) is 16.2. The first-order valence-corrected chi connectivity index (χ1v) is 12.4. The SMILES string of the molecule is CCOc1ccc(/C=N\NC(=O)CN(c2ccc(C)c(C)c2)S(=O)(=O)c2ccc(C)cc2)cc1. The maximum atomic E-state index is 13.5. The third-order valence-electron chi connectivity index (χ3n) is 5.27. The second-order valence-corrected chi connectivity index (χ2v) is 9.75. The van der Waals surface area contributed by atoms with Gasteiger partial charge in [-0.05, 0) is 92.9 Å². The second-order valence-electron chi connectivity index (χ2n) is 7.89. The Morgan fingerprint density at radius 2 is 1.65 bits per heavy atom. The van der Waals surface area contributed by atoms with Crippen LogP contribution in [0.4, 0.5) is 5.69 Å². The zero-order chi connectivity index (χ0) is 24.7. The van der Waals surface area contributed by atoms with Gasteiger partial charge in [0.2, 0.25) is 0 Å². The molecular formula is C26H29N3O4S. The number of nitrogens with one attached hydrogen (secondary N) is 1. The second kappa shape index (κ2) is 11.0.